The number of amides is 2. The fourth-order valence-electron chi connectivity index (χ4n) is 3.28. The smallest absolute Gasteiger partial charge is 0.253 e. The largest absolute Gasteiger partial charge is 0.361 e. The summed E-state index contributed by atoms with van der Waals surface area (Å²) in [4.78, 5) is 33.1. The van der Waals surface area contributed by atoms with Gasteiger partial charge in [0.1, 0.15) is 6.04 Å². The predicted octanol–water partition coefficient (Wildman–Crippen LogP) is 4.20. The number of nitrogens with one attached hydrogen (secondary N) is 3. The van der Waals surface area contributed by atoms with Crippen LogP contribution in [-0.2, 0) is 11.2 Å². The molecule has 2 aromatic heterocycles. The van der Waals surface area contributed by atoms with Crippen LogP contribution in [0.5, 0.6) is 0 Å². The Morgan fingerprint density at radius 3 is 2.63 bits per heavy atom. The summed E-state index contributed by atoms with van der Waals surface area (Å²) in [5.41, 5.74) is 2.77. The number of aromatic nitrogens is 2. The van der Waals surface area contributed by atoms with Crippen molar-refractivity contribution in [3.05, 3.63) is 95.4 Å². The number of hydrogen-bond donors (Lipinski definition) is 3. The maximum absolute atomic E-state index is 13.0. The number of anilines is 1. The highest BCUT2D eigenvalue weighted by Crippen LogP contribution is 2.20. The molecule has 4 rings (SSSR count). The van der Waals surface area contributed by atoms with E-state index in [9.17, 15) is 9.59 Å². The first-order valence-electron chi connectivity index (χ1n) is 9.43. The summed E-state index contributed by atoms with van der Waals surface area (Å²) in [5, 5.41) is 6.97. The van der Waals surface area contributed by atoms with Crippen molar-refractivity contribution in [3.63, 3.8) is 0 Å². The zero-order chi connectivity index (χ0) is 20.9. The van der Waals surface area contributed by atoms with Crippen molar-refractivity contribution in [1.82, 2.24) is 15.3 Å². The summed E-state index contributed by atoms with van der Waals surface area (Å²) >= 11 is 6.16. The van der Waals surface area contributed by atoms with Crippen LogP contribution >= 0.6 is 11.6 Å². The molecule has 0 saturated carbocycles. The molecule has 30 heavy (non-hydrogen) atoms. The fraction of sp³-hybridized carbons (Fsp3) is 0.0870. The Balaban J connectivity index is 1.61. The molecule has 150 valence electrons. The lowest BCUT2D eigenvalue weighted by molar-refractivity contribution is -0.118. The summed E-state index contributed by atoms with van der Waals surface area (Å²) in [6.07, 6.45) is 5.35. The standard InChI is InChI=1S/C23H19ClN4O2/c24-19-9-3-1-8-18(19)22(29)28-21(23(30)27-16-6-5-11-25-14-16)12-15-13-26-20-10-4-2-7-17(15)20/h1-11,13-14,21,26H,12H2,(H,27,30)(H,28,29)/t21-/m1/s1. The highest BCUT2D eigenvalue weighted by atomic mass is 35.5. The molecule has 0 aliphatic rings. The Kier molecular flexibility index (Phi) is 5.77. The third kappa shape index (κ3) is 4.34. The van der Waals surface area contributed by atoms with Crippen molar-refractivity contribution < 1.29 is 9.59 Å². The summed E-state index contributed by atoms with van der Waals surface area (Å²) in [6, 6.07) is 17.2. The number of nitrogens with zero attached hydrogens (tertiary/aromatic N) is 1. The van der Waals surface area contributed by atoms with Crippen molar-refractivity contribution >= 4 is 40.0 Å². The maximum atomic E-state index is 13.0. The molecule has 0 spiro atoms. The number of pyridine rings is 1. The first-order valence-corrected chi connectivity index (χ1v) is 9.81. The van der Waals surface area contributed by atoms with Crippen molar-refractivity contribution in [3.8, 4) is 0 Å². The molecule has 4 aromatic rings. The van der Waals surface area contributed by atoms with E-state index in [1.165, 1.54) is 0 Å². The number of H-pyrrole nitrogens is 1. The average molecular weight is 419 g/mol. The zero-order valence-electron chi connectivity index (χ0n) is 15.9. The first-order chi connectivity index (χ1) is 14.6. The van der Waals surface area contributed by atoms with Crippen LogP contribution in [0.1, 0.15) is 15.9 Å². The second-order valence-corrected chi connectivity index (χ2v) is 7.21. The number of benzene rings is 2. The molecule has 0 aliphatic carbocycles. The van der Waals surface area contributed by atoms with Gasteiger partial charge in [-0.05, 0) is 35.9 Å². The van der Waals surface area contributed by atoms with Gasteiger partial charge in [-0.25, -0.2) is 0 Å². The molecule has 0 bridgehead atoms. The molecule has 0 fully saturated rings. The second kappa shape index (κ2) is 8.80. The number of halogens is 1. The van der Waals surface area contributed by atoms with Gasteiger partial charge in [-0.3, -0.25) is 14.6 Å². The lowest BCUT2D eigenvalue weighted by atomic mass is 10.0. The van der Waals surface area contributed by atoms with Gasteiger partial charge in [0.15, 0.2) is 0 Å². The van der Waals surface area contributed by atoms with Crippen molar-refractivity contribution in [1.29, 1.82) is 0 Å². The fourth-order valence-corrected chi connectivity index (χ4v) is 3.50. The van der Waals surface area contributed by atoms with E-state index in [-0.39, 0.29) is 5.91 Å². The third-order valence-corrected chi connectivity index (χ3v) is 5.10. The van der Waals surface area contributed by atoms with Crippen LogP contribution < -0.4 is 10.6 Å². The van der Waals surface area contributed by atoms with Crippen LogP contribution in [0.15, 0.2) is 79.3 Å². The number of hydrogen-bond acceptors (Lipinski definition) is 3. The molecule has 0 radical (unpaired) electrons. The van der Waals surface area contributed by atoms with Crippen LogP contribution in [0.2, 0.25) is 5.02 Å². The van der Waals surface area contributed by atoms with E-state index in [1.807, 2.05) is 30.5 Å². The van der Waals surface area contributed by atoms with E-state index in [0.717, 1.165) is 16.5 Å². The molecule has 2 amide bonds. The number of para-hydroxylation sites is 1. The molecule has 0 saturated heterocycles. The molecule has 3 N–H and O–H groups in total. The van der Waals surface area contributed by atoms with E-state index in [4.69, 9.17) is 11.6 Å². The predicted molar refractivity (Wildman–Crippen MR) is 118 cm³/mol. The van der Waals surface area contributed by atoms with E-state index < -0.39 is 11.9 Å². The van der Waals surface area contributed by atoms with Crippen LogP contribution in [-0.4, -0.2) is 27.8 Å². The molecule has 0 unspecified atom stereocenters. The van der Waals surface area contributed by atoms with E-state index in [1.54, 1.807) is 48.8 Å². The normalized spacial score (nSPS) is 11.8. The quantitative estimate of drug-likeness (QED) is 0.438. The van der Waals surface area contributed by atoms with Gasteiger partial charge < -0.3 is 15.6 Å². The van der Waals surface area contributed by atoms with Gasteiger partial charge in [0.05, 0.1) is 22.5 Å². The Morgan fingerprint density at radius 2 is 1.83 bits per heavy atom. The van der Waals surface area contributed by atoms with E-state index >= 15 is 0 Å². The summed E-state index contributed by atoms with van der Waals surface area (Å²) in [5.74, 6) is -0.750. The zero-order valence-corrected chi connectivity index (χ0v) is 16.7. The summed E-state index contributed by atoms with van der Waals surface area (Å²) in [6.45, 7) is 0. The maximum Gasteiger partial charge on any atom is 0.253 e. The lowest BCUT2D eigenvalue weighted by Gasteiger charge is -2.19. The molecule has 6 nitrogen and oxygen atoms in total. The monoisotopic (exact) mass is 418 g/mol. The minimum Gasteiger partial charge on any atom is -0.361 e. The average Bonchev–Trinajstić information content (AvgIpc) is 3.17. The number of rotatable bonds is 6. The Bertz CT molecular complexity index is 1190. The minimum atomic E-state index is -0.812. The highest BCUT2D eigenvalue weighted by molar-refractivity contribution is 6.33. The Labute approximate surface area is 178 Å². The van der Waals surface area contributed by atoms with Crippen LogP contribution in [0.3, 0.4) is 0 Å². The number of carbonyl (C=O) groups is 2. The van der Waals surface area contributed by atoms with Crippen molar-refractivity contribution in [2.45, 2.75) is 12.5 Å². The van der Waals surface area contributed by atoms with Crippen LogP contribution in [0.4, 0.5) is 5.69 Å². The van der Waals surface area contributed by atoms with Gasteiger partial charge in [0, 0.05) is 29.7 Å². The van der Waals surface area contributed by atoms with Gasteiger partial charge in [0.25, 0.3) is 5.91 Å². The van der Waals surface area contributed by atoms with Crippen molar-refractivity contribution in [2.75, 3.05) is 5.32 Å². The Hall–Kier alpha value is -3.64. The molecule has 2 aromatic carbocycles. The first kappa shape index (κ1) is 19.7. The van der Waals surface area contributed by atoms with Crippen LogP contribution in [0.25, 0.3) is 10.9 Å². The SMILES string of the molecule is O=C(N[C@H](Cc1c[nH]c2ccccc12)C(=O)Nc1cccnc1)c1ccccc1Cl. The molecule has 1 atom stereocenters. The van der Waals surface area contributed by atoms with Crippen molar-refractivity contribution in [2.24, 2.45) is 0 Å². The molecule has 0 aliphatic heterocycles. The number of carbonyl (C=O) groups excluding carboxylic acids is 2. The third-order valence-electron chi connectivity index (χ3n) is 4.77. The second-order valence-electron chi connectivity index (χ2n) is 6.80. The van der Waals surface area contributed by atoms with Gasteiger partial charge in [-0.2, -0.15) is 0 Å². The van der Waals surface area contributed by atoms with Gasteiger partial charge >= 0.3 is 0 Å². The van der Waals surface area contributed by atoms with Gasteiger partial charge in [-0.15, -0.1) is 0 Å². The van der Waals surface area contributed by atoms with Gasteiger partial charge in [0.2, 0.25) is 5.91 Å². The molecular weight excluding hydrogens is 400 g/mol. The minimum absolute atomic E-state index is 0.312. The summed E-state index contributed by atoms with van der Waals surface area (Å²) in [7, 11) is 0. The summed E-state index contributed by atoms with van der Waals surface area (Å²) < 4.78 is 0. The highest BCUT2D eigenvalue weighted by Gasteiger charge is 2.24. The van der Waals surface area contributed by atoms with E-state index in [0.29, 0.717) is 22.7 Å². The Morgan fingerprint density at radius 1 is 1.03 bits per heavy atom. The molecule has 2 heterocycles. The topological polar surface area (TPSA) is 86.9 Å². The molecular formula is C23H19ClN4O2. The van der Waals surface area contributed by atoms with Crippen LogP contribution in [0, 0.1) is 0 Å². The number of fused-ring (bicyclic) bond motifs is 1. The van der Waals surface area contributed by atoms with E-state index in [2.05, 4.69) is 20.6 Å². The van der Waals surface area contributed by atoms with Gasteiger partial charge in [-0.1, -0.05) is 41.9 Å². The lowest BCUT2D eigenvalue weighted by Crippen LogP contribution is -2.45. The molecule has 7 heteroatoms. The number of aromatic amines is 1.